The lowest BCUT2D eigenvalue weighted by Gasteiger charge is -2.14. The number of rotatable bonds is 5. The summed E-state index contributed by atoms with van der Waals surface area (Å²) in [7, 11) is 0. The van der Waals surface area contributed by atoms with Gasteiger partial charge in [-0.25, -0.2) is 4.79 Å². The molecule has 1 amide bonds. The highest BCUT2D eigenvalue weighted by atomic mass is 35.5. The van der Waals surface area contributed by atoms with Crippen LogP contribution in [0.3, 0.4) is 0 Å². The van der Waals surface area contributed by atoms with Gasteiger partial charge in [0.25, 0.3) is 5.91 Å². The van der Waals surface area contributed by atoms with Crippen molar-refractivity contribution in [2.45, 2.75) is 20.0 Å². The van der Waals surface area contributed by atoms with E-state index < -0.39 is 18.0 Å². The molecule has 0 saturated heterocycles. The molecule has 0 saturated carbocycles. The molecule has 0 radical (unpaired) electrons. The highest BCUT2D eigenvalue weighted by molar-refractivity contribution is 6.31. The Balaban J connectivity index is 1.93. The second-order valence-electron chi connectivity index (χ2n) is 5.55. The van der Waals surface area contributed by atoms with Crippen LogP contribution in [0.25, 0.3) is 6.08 Å². The first-order valence-corrected chi connectivity index (χ1v) is 8.23. The number of halogens is 1. The Kier molecular flexibility index (Phi) is 6.54. The third-order valence-corrected chi connectivity index (χ3v) is 4.05. The minimum atomic E-state index is -0.966. The summed E-state index contributed by atoms with van der Waals surface area (Å²) in [6.45, 7) is 3.28. The summed E-state index contributed by atoms with van der Waals surface area (Å²) >= 11 is 6.02. The van der Waals surface area contributed by atoms with E-state index in [0.29, 0.717) is 16.3 Å². The van der Waals surface area contributed by atoms with Gasteiger partial charge < -0.3 is 10.1 Å². The van der Waals surface area contributed by atoms with E-state index in [4.69, 9.17) is 21.6 Å². The van der Waals surface area contributed by atoms with Crippen molar-refractivity contribution in [3.05, 3.63) is 70.3 Å². The summed E-state index contributed by atoms with van der Waals surface area (Å²) in [5.41, 5.74) is 2.58. The Morgan fingerprint density at radius 3 is 2.58 bits per heavy atom. The second-order valence-corrected chi connectivity index (χ2v) is 5.96. The highest BCUT2D eigenvalue weighted by Gasteiger charge is 2.17. The smallest absolute Gasteiger partial charge is 0.331 e. The lowest BCUT2D eigenvalue weighted by molar-refractivity contribution is -0.148. The third-order valence-electron chi connectivity index (χ3n) is 3.64. The lowest BCUT2D eigenvalue weighted by Crippen LogP contribution is -2.29. The van der Waals surface area contributed by atoms with E-state index in [1.54, 1.807) is 55.5 Å². The van der Waals surface area contributed by atoms with Crippen molar-refractivity contribution in [3.63, 3.8) is 0 Å². The van der Waals surface area contributed by atoms with Gasteiger partial charge in [-0.3, -0.25) is 4.79 Å². The third kappa shape index (κ3) is 5.20. The predicted octanol–water partition coefficient (Wildman–Crippen LogP) is 4.10. The zero-order valence-electron chi connectivity index (χ0n) is 14.3. The van der Waals surface area contributed by atoms with Crippen LogP contribution in [0.4, 0.5) is 5.69 Å². The zero-order valence-corrected chi connectivity index (χ0v) is 15.1. The second kappa shape index (κ2) is 8.84. The number of hydrogen-bond acceptors (Lipinski definition) is 4. The van der Waals surface area contributed by atoms with Gasteiger partial charge in [-0.05, 0) is 55.3 Å². The lowest BCUT2D eigenvalue weighted by atomic mass is 10.1. The molecular formula is C20H17ClN2O3. The number of carbonyl (C=O) groups is 2. The summed E-state index contributed by atoms with van der Waals surface area (Å²) in [6, 6.07) is 13.9. The van der Waals surface area contributed by atoms with E-state index in [9.17, 15) is 9.59 Å². The maximum atomic E-state index is 12.2. The molecule has 0 aliphatic carbocycles. The number of nitrogens with one attached hydrogen (secondary N) is 1. The largest absolute Gasteiger partial charge is 0.449 e. The van der Waals surface area contributed by atoms with E-state index in [1.807, 2.05) is 6.07 Å². The molecule has 0 bridgehead atoms. The summed E-state index contributed by atoms with van der Waals surface area (Å²) in [4.78, 5) is 24.0. The van der Waals surface area contributed by atoms with Crippen LogP contribution in [0.2, 0.25) is 5.02 Å². The number of anilines is 1. The summed E-state index contributed by atoms with van der Waals surface area (Å²) in [6.07, 6.45) is 1.82. The van der Waals surface area contributed by atoms with Gasteiger partial charge >= 0.3 is 5.97 Å². The van der Waals surface area contributed by atoms with Crippen LogP contribution in [0.15, 0.2) is 48.5 Å². The van der Waals surface area contributed by atoms with E-state index in [1.165, 1.54) is 13.0 Å². The molecule has 1 atom stereocenters. The van der Waals surface area contributed by atoms with Crippen LogP contribution >= 0.6 is 11.6 Å². The van der Waals surface area contributed by atoms with Crippen LogP contribution in [-0.2, 0) is 14.3 Å². The summed E-state index contributed by atoms with van der Waals surface area (Å²) < 4.78 is 5.10. The maximum Gasteiger partial charge on any atom is 0.331 e. The van der Waals surface area contributed by atoms with Crippen molar-refractivity contribution in [3.8, 4) is 6.07 Å². The number of carbonyl (C=O) groups excluding carboxylic acids is 2. The van der Waals surface area contributed by atoms with Gasteiger partial charge in [0.15, 0.2) is 6.10 Å². The summed E-state index contributed by atoms with van der Waals surface area (Å²) in [5.74, 6) is -1.09. The molecule has 0 aliphatic heterocycles. The molecule has 6 heteroatoms. The standard InChI is InChI=1S/C20H17ClN2O3/c1-13-17(21)4-3-5-18(13)23-20(25)14(2)26-19(24)11-10-15-6-8-16(12-22)9-7-15/h3-11,14H,1-2H3,(H,23,25)/b11-10+/t14-/m0/s1. The number of nitrogens with zero attached hydrogens (tertiary/aromatic N) is 1. The molecule has 132 valence electrons. The van der Waals surface area contributed by atoms with Crippen LogP contribution in [0.1, 0.15) is 23.6 Å². The van der Waals surface area contributed by atoms with Crippen molar-refractivity contribution < 1.29 is 14.3 Å². The molecule has 5 nitrogen and oxygen atoms in total. The molecular weight excluding hydrogens is 352 g/mol. The number of ether oxygens (including phenoxy) is 1. The van der Waals surface area contributed by atoms with E-state index >= 15 is 0 Å². The van der Waals surface area contributed by atoms with Crippen molar-refractivity contribution in [2.75, 3.05) is 5.32 Å². The fourth-order valence-corrected chi connectivity index (χ4v) is 2.25. The quantitative estimate of drug-likeness (QED) is 0.636. The van der Waals surface area contributed by atoms with Gasteiger partial charge in [0.05, 0.1) is 11.6 Å². The molecule has 0 aliphatic rings. The Bertz CT molecular complexity index is 883. The molecule has 1 N–H and O–H groups in total. The molecule has 2 rings (SSSR count). The van der Waals surface area contributed by atoms with Crippen molar-refractivity contribution in [1.82, 2.24) is 0 Å². The fourth-order valence-electron chi connectivity index (χ4n) is 2.08. The van der Waals surface area contributed by atoms with Crippen molar-refractivity contribution >= 4 is 35.2 Å². The number of hydrogen-bond donors (Lipinski definition) is 1. The van der Waals surface area contributed by atoms with Crippen LogP contribution in [0.5, 0.6) is 0 Å². The maximum absolute atomic E-state index is 12.2. The first kappa shape index (κ1) is 19.2. The minimum Gasteiger partial charge on any atom is -0.449 e. The monoisotopic (exact) mass is 368 g/mol. The number of esters is 1. The number of amides is 1. The first-order valence-electron chi connectivity index (χ1n) is 7.85. The Morgan fingerprint density at radius 2 is 1.92 bits per heavy atom. The van der Waals surface area contributed by atoms with Gasteiger partial charge in [-0.15, -0.1) is 0 Å². The molecule has 0 fully saturated rings. The van der Waals surface area contributed by atoms with Gasteiger partial charge in [0.2, 0.25) is 0 Å². The van der Waals surface area contributed by atoms with Gasteiger partial charge in [0.1, 0.15) is 0 Å². The van der Waals surface area contributed by atoms with E-state index in [2.05, 4.69) is 5.32 Å². The SMILES string of the molecule is Cc1c(Cl)cccc1NC(=O)[C@H](C)OC(=O)/C=C/c1ccc(C#N)cc1. The fraction of sp³-hybridized carbons (Fsp3) is 0.150. The molecule has 2 aromatic rings. The van der Waals surface area contributed by atoms with Crippen LogP contribution in [-0.4, -0.2) is 18.0 Å². The summed E-state index contributed by atoms with van der Waals surface area (Å²) in [5, 5.41) is 12.0. The van der Waals surface area contributed by atoms with Gasteiger partial charge in [-0.1, -0.05) is 29.8 Å². The molecule has 2 aromatic carbocycles. The van der Waals surface area contributed by atoms with Crippen molar-refractivity contribution in [2.24, 2.45) is 0 Å². The average molecular weight is 369 g/mol. The van der Waals surface area contributed by atoms with Crippen LogP contribution in [0, 0.1) is 18.3 Å². The number of benzene rings is 2. The zero-order chi connectivity index (χ0) is 19.1. The number of nitriles is 1. The normalized spacial score (nSPS) is 11.6. The van der Waals surface area contributed by atoms with E-state index in [-0.39, 0.29) is 0 Å². The molecule has 26 heavy (non-hydrogen) atoms. The van der Waals surface area contributed by atoms with Crippen molar-refractivity contribution in [1.29, 1.82) is 5.26 Å². The molecule has 0 heterocycles. The molecule has 0 unspecified atom stereocenters. The Hall–Kier alpha value is -3.10. The first-order chi connectivity index (χ1) is 12.4. The van der Waals surface area contributed by atoms with Crippen LogP contribution < -0.4 is 5.32 Å². The average Bonchev–Trinajstić information content (AvgIpc) is 2.64. The Morgan fingerprint density at radius 1 is 1.23 bits per heavy atom. The van der Waals surface area contributed by atoms with E-state index in [0.717, 1.165) is 11.1 Å². The highest BCUT2D eigenvalue weighted by Crippen LogP contribution is 2.23. The van der Waals surface area contributed by atoms with Gasteiger partial charge in [-0.2, -0.15) is 5.26 Å². The minimum absolute atomic E-state index is 0.449. The topological polar surface area (TPSA) is 79.2 Å². The van der Waals surface area contributed by atoms with Gasteiger partial charge in [0, 0.05) is 16.8 Å². The molecule has 0 spiro atoms. The molecule has 0 aromatic heterocycles. The Labute approximate surface area is 156 Å². The predicted molar refractivity (Wildman–Crippen MR) is 101 cm³/mol.